The van der Waals surface area contributed by atoms with Crippen LogP contribution in [-0.4, -0.2) is 42.8 Å². The Balaban J connectivity index is 1.81. The van der Waals surface area contributed by atoms with E-state index in [4.69, 9.17) is 9.84 Å². The van der Waals surface area contributed by atoms with Crippen molar-refractivity contribution in [2.45, 2.75) is 18.9 Å². The number of amides is 1. The second-order valence-electron chi connectivity index (χ2n) is 4.69. The van der Waals surface area contributed by atoms with Gasteiger partial charge in [-0.15, -0.1) is 0 Å². The molecular weight excluding hydrogens is 260 g/mol. The van der Waals surface area contributed by atoms with Crippen molar-refractivity contribution in [2.24, 2.45) is 0 Å². The Bertz CT molecular complexity index is 484. The largest absolute Gasteiger partial charge is 0.478 e. The third-order valence-corrected chi connectivity index (χ3v) is 3.13. The lowest BCUT2D eigenvalue weighted by Gasteiger charge is -2.22. The van der Waals surface area contributed by atoms with Gasteiger partial charge in [0.1, 0.15) is 6.61 Å². The second kappa shape index (κ2) is 7.02. The molecule has 0 radical (unpaired) electrons. The summed E-state index contributed by atoms with van der Waals surface area (Å²) in [5, 5.41) is 14.7. The second-order valence-corrected chi connectivity index (χ2v) is 4.69. The van der Waals surface area contributed by atoms with Gasteiger partial charge >= 0.3 is 5.97 Å². The standard InChI is InChI=1S/C14H18N2O4/c17-13(9-20-12-4-6-15-7-5-12)16-11-3-1-2-10(8-11)14(18)19/h1-3,8,12,15H,4-7,9H2,(H,16,17)(H,18,19). The van der Waals surface area contributed by atoms with Crippen molar-refractivity contribution >= 4 is 17.6 Å². The molecule has 1 fully saturated rings. The van der Waals surface area contributed by atoms with E-state index in [1.54, 1.807) is 12.1 Å². The topological polar surface area (TPSA) is 87.7 Å². The van der Waals surface area contributed by atoms with Crippen molar-refractivity contribution in [3.63, 3.8) is 0 Å². The fourth-order valence-corrected chi connectivity index (χ4v) is 2.08. The van der Waals surface area contributed by atoms with Crippen LogP contribution in [-0.2, 0) is 9.53 Å². The average Bonchev–Trinajstić information content (AvgIpc) is 2.46. The first-order chi connectivity index (χ1) is 9.65. The zero-order chi connectivity index (χ0) is 14.4. The summed E-state index contributed by atoms with van der Waals surface area (Å²) in [6, 6.07) is 6.13. The molecule has 1 aliphatic heterocycles. The van der Waals surface area contributed by atoms with Crippen LogP contribution in [0.2, 0.25) is 0 Å². The van der Waals surface area contributed by atoms with Gasteiger partial charge < -0.3 is 20.5 Å². The maximum atomic E-state index is 11.7. The summed E-state index contributed by atoms with van der Waals surface area (Å²) in [7, 11) is 0. The number of anilines is 1. The van der Waals surface area contributed by atoms with E-state index in [0.29, 0.717) is 5.69 Å². The third kappa shape index (κ3) is 4.32. The van der Waals surface area contributed by atoms with Crippen molar-refractivity contribution in [3.05, 3.63) is 29.8 Å². The molecule has 6 nitrogen and oxygen atoms in total. The third-order valence-electron chi connectivity index (χ3n) is 3.13. The molecule has 0 bridgehead atoms. The van der Waals surface area contributed by atoms with E-state index in [1.807, 2.05) is 0 Å². The van der Waals surface area contributed by atoms with Crippen molar-refractivity contribution in [1.29, 1.82) is 0 Å². The number of rotatable bonds is 5. The number of carbonyl (C=O) groups excluding carboxylic acids is 1. The lowest BCUT2D eigenvalue weighted by molar-refractivity contribution is -0.123. The summed E-state index contributed by atoms with van der Waals surface area (Å²) in [5.74, 6) is -1.29. The van der Waals surface area contributed by atoms with E-state index < -0.39 is 5.97 Å². The van der Waals surface area contributed by atoms with Gasteiger partial charge in [-0.1, -0.05) is 6.07 Å². The van der Waals surface area contributed by atoms with E-state index in [1.165, 1.54) is 12.1 Å². The normalized spacial score (nSPS) is 15.8. The van der Waals surface area contributed by atoms with Crippen LogP contribution in [0.4, 0.5) is 5.69 Å². The molecule has 1 heterocycles. The fraction of sp³-hybridized carbons (Fsp3) is 0.429. The van der Waals surface area contributed by atoms with Crippen molar-refractivity contribution in [1.82, 2.24) is 5.32 Å². The van der Waals surface area contributed by atoms with Gasteiger partial charge in [0.15, 0.2) is 0 Å². The SMILES string of the molecule is O=C(COC1CCNCC1)Nc1cccc(C(=O)O)c1. The van der Waals surface area contributed by atoms with Gasteiger partial charge in [-0.3, -0.25) is 4.79 Å². The van der Waals surface area contributed by atoms with Gasteiger partial charge in [0.25, 0.3) is 0 Å². The Morgan fingerprint density at radius 1 is 1.35 bits per heavy atom. The van der Waals surface area contributed by atoms with Gasteiger partial charge in [0.2, 0.25) is 5.91 Å². The van der Waals surface area contributed by atoms with Crippen LogP contribution in [0.5, 0.6) is 0 Å². The average molecular weight is 278 g/mol. The van der Waals surface area contributed by atoms with E-state index in [0.717, 1.165) is 25.9 Å². The molecule has 0 atom stereocenters. The highest BCUT2D eigenvalue weighted by Gasteiger charge is 2.15. The molecule has 1 aromatic rings. The van der Waals surface area contributed by atoms with Gasteiger partial charge in [-0.25, -0.2) is 4.79 Å². The molecule has 3 N–H and O–H groups in total. The van der Waals surface area contributed by atoms with E-state index in [-0.39, 0.29) is 24.2 Å². The highest BCUT2D eigenvalue weighted by Crippen LogP contribution is 2.11. The van der Waals surface area contributed by atoms with Crippen LogP contribution in [0.15, 0.2) is 24.3 Å². The summed E-state index contributed by atoms with van der Waals surface area (Å²) in [5.41, 5.74) is 0.603. The summed E-state index contributed by atoms with van der Waals surface area (Å²) in [4.78, 5) is 22.6. The smallest absolute Gasteiger partial charge is 0.335 e. The molecule has 108 valence electrons. The first kappa shape index (κ1) is 14.5. The minimum atomic E-state index is -1.02. The van der Waals surface area contributed by atoms with Crippen LogP contribution in [0.25, 0.3) is 0 Å². The molecule has 1 aliphatic rings. The quantitative estimate of drug-likeness (QED) is 0.750. The summed E-state index contributed by atoms with van der Waals surface area (Å²) in [6.07, 6.45) is 1.93. The molecule has 1 amide bonds. The van der Waals surface area contributed by atoms with Gasteiger partial charge in [-0.05, 0) is 44.1 Å². The summed E-state index contributed by atoms with van der Waals surface area (Å²) in [6.45, 7) is 1.81. The lowest BCUT2D eigenvalue weighted by Crippen LogP contribution is -2.34. The molecule has 0 unspecified atom stereocenters. The Morgan fingerprint density at radius 2 is 2.10 bits per heavy atom. The van der Waals surface area contributed by atoms with Crippen LogP contribution < -0.4 is 10.6 Å². The zero-order valence-electron chi connectivity index (χ0n) is 11.1. The summed E-state index contributed by atoms with van der Waals surface area (Å²) >= 11 is 0. The molecule has 2 rings (SSSR count). The Hall–Kier alpha value is -1.92. The highest BCUT2D eigenvalue weighted by atomic mass is 16.5. The molecule has 0 saturated carbocycles. The summed E-state index contributed by atoms with van der Waals surface area (Å²) < 4.78 is 5.53. The number of carboxylic acid groups (broad SMARTS) is 1. The van der Waals surface area contributed by atoms with Gasteiger partial charge in [-0.2, -0.15) is 0 Å². The molecule has 0 aliphatic carbocycles. The number of benzene rings is 1. The molecule has 20 heavy (non-hydrogen) atoms. The number of carboxylic acids is 1. The molecule has 1 saturated heterocycles. The molecule has 0 aromatic heterocycles. The number of aromatic carboxylic acids is 1. The van der Waals surface area contributed by atoms with Crippen LogP contribution in [0.1, 0.15) is 23.2 Å². The number of hydrogen-bond donors (Lipinski definition) is 3. The maximum absolute atomic E-state index is 11.7. The van der Waals surface area contributed by atoms with E-state index in [2.05, 4.69) is 10.6 Å². The predicted octanol–water partition coefficient (Wildman–Crippen LogP) is 1.09. The van der Waals surface area contributed by atoms with Crippen LogP contribution in [0, 0.1) is 0 Å². The molecule has 1 aromatic carbocycles. The van der Waals surface area contributed by atoms with E-state index >= 15 is 0 Å². The Morgan fingerprint density at radius 3 is 2.80 bits per heavy atom. The first-order valence-electron chi connectivity index (χ1n) is 6.60. The number of ether oxygens (including phenoxy) is 1. The van der Waals surface area contributed by atoms with Gasteiger partial charge in [0.05, 0.1) is 11.7 Å². The molecular formula is C14H18N2O4. The fourth-order valence-electron chi connectivity index (χ4n) is 2.08. The Labute approximate surface area is 117 Å². The number of piperidine rings is 1. The van der Waals surface area contributed by atoms with Crippen LogP contribution >= 0.6 is 0 Å². The van der Waals surface area contributed by atoms with Gasteiger partial charge in [0, 0.05) is 5.69 Å². The molecule has 6 heteroatoms. The Kier molecular flexibility index (Phi) is 5.09. The minimum absolute atomic E-state index is 0.0119. The lowest BCUT2D eigenvalue weighted by atomic mass is 10.1. The van der Waals surface area contributed by atoms with Crippen molar-refractivity contribution < 1.29 is 19.4 Å². The van der Waals surface area contributed by atoms with Crippen molar-refractivity contribution in [2.75, 3.05) is 25.0 Å². The van der Waals surface area contributed by atoms with Crippen molar-refractivity contribution in [3.8, 4) is 0 Å². The zero-order valence-corrected chi connectivity index (χ0v) is 11.1. The van der Waals surface area contributed by atoms with E-state index in [9.17, 15) is 9.59 Å². The minimum Gasteiger partial charge on any atom is -0.478 e. The maximum Gasteiger partial charge on any atom is 0.335 e. The number of carbonyl (C=O) groups is 2. The monoisotopic (exact) mass is 278 g/mol. The van der Waals surface area contributed by atoms with Crippen LogP contribution in [0.3, 0.4) is 0 Å². The molecule has 0 spiro atoms. The highest BCUT2D eigenvalue weighted by molar-refractivity contribution is 5.94. The first-order valence-corrected chi connectivity index (χ1v) is 6.60. The predicted molar refractivity (Wildman–Crippen MR) is 73.9 cm³/mol. The number of hydrogen-bond acceptors (Lipinski definition) is 4. The number of nitrogens with one attached hydrogen (secondary N) is 2.